The first-order valence-electron chi connectivity index (χ1n) is 6.88. The lowest BCUT2D eigenvalue weighted by atomic mass is 10.2. The lowest BCUT2D eigenvalue weighted by Crippen LogP contribution is -2.23. The van der Waals surface area contributed by atoms with Crippen LogP contribution in [0.25, 0.3) is 16.7 Å². The highest BCUT2D eigenvalue weighted by Crippen LogP contribution is 2.14. The molecular formula is C16H12N4OS. The van der Waals surface area contributed by atoms with E-state index in [1.165, 1.54) is 0 Å². The molecule has 4 aromatic rings. The number of fused-ring (bicyclic) bond motifs is 3. The van der Waals surface area contributed by atoms with Crippen LogP contribution >= 0.6 is 12.2 Å². The summed E-state index contributed by atoms with van der Waals surface area (Å²) >= 11 is 5.31. The summed E-state index contributed by atoms with van der Waals surface area (Å²) < 4.78 is 3.92. The molecule has 4 rings (SSSR count). The topological polar surface area (TPSA) is 55.1 Å². The summed E-state index contributed by atoms with van der Waals surface area (Å²) in [5, 5.41) is 7.64. The van der Waals surface area contributed by atoms with Crippen LogP contribution in [0.5, 0.6) is 0 Å². The molecule has 0 bridgehead atoms. The van der Waals surface area contributed by atoms with Crippen molar-refractivity contribution in [1.82, 2.24) is 19.2 Å². The average Bonchev–Trinajstić information content (AvgIpc) is 2.94. The van der Waals surface area contributed by atoms with Crippen molar-refractivity contribution in [2.75, 3.05) is 0 Å². The molecule has 0 unspecified atom stereocenters. The van der Waals surface area contributed by atoms with Crippen molar-refractivity contribution in [2.45, 2.75) is 6.54 Å². The highest BCUT2D eigenvalue weighted by Gasteiger charge is 2.13. The van der Waals surface area contributed by atoms with E-state index in [1.54, 1.807) is 8.97 Å². The normalized spacial score (nSPS) is 11.3. The molecule has 0 aliphatic carbocycles. The van der Waals surface area contributed by atoms with Crippen LogP contribution in [0.15, 0.2) is 59.4 Å². The second kappa shape index (κ2) is 4.92. The molecule has 0 aliphatic heterocycles. The monoisotopic (exact) mass is 308 g/mol. The Hall–Kier alpha value is -2.73. The number of nitrogens with zero attached hydrogens (tertiary/aromatic N) is 3. The molecule has 2 aromatic heterocycles. The fraction of sp³-hybridized carbons (Fsp3) is 0.0625. The summed E-state index contributed by atoms with van der Waals surface area (Å²) in [5.74, 6) is 0.526. The van der Waals surface area contributed by atoms with Crippen molar-refractivity contribution in [1.29, 1.82) is 0 Å². The molecule has 0 amide bonds. The van der Waals surface area contributed by atoms with E-state index in [-0.39, 0.29) is 5.56 Å². The first-order valence-corrected chi connectivity index (χ1v) is 7.29. The Bertz CT molecular complexity index is 1090. The largest absolute Gasteiger partial charge is 0.272 e. The molecule has 0 radical (unpaired) electrons. The van der Waals surface area contributed by atoms with E-state index in [9.17, 15) is 4.79 Å². The van der Waals surface area contributed by atoms with E-state index in [0.717, 1.165) is 11.1 Å². The highest BCUT2D eigenvalue weighted by atomic mass is 32.1. The second-order valence-corrected chi connectivity index (χ2v) is 5.44. The zero-order valence-electron chi connectivity index (χ0n) is 11.6. The van der Waals surface area contributed by atoms with Crippen LogP contribution in [0.4, 0.5) is 0 Å². The number of aromatic nitrogens is 4. The molecule has 0 fully saturated rings. The molecule has 0 aliphatic rings. The van der Waals surface area contributed by atoms with E-state index in [1.807, 2.05) is 54.6 Å². The van der Waals surface area contributed by atoms with Gasteiger partial charge in [0, 0.05) is 0 Å². The van der Waals surface area contributed by atoms with E-state index in [0.29, 0.717) is 22.5 Å². The molecule has 6 heteroatoms. The Morgan fingerprint density at radius 1 is 1.05 bits per heavy atom. The van der Waals surface area contributed by atoms with Gasteiger partial charge in [-0.15, -0.1) is 5.10 Å². The van der Waals surface area contributed by atoms with Gasteiger partial charge in [0.2, 0.25) is 10.5 Å². The Labute approximate surface area is 130 Å². The molecular weight excluding hydrogens is 296 g/mol. The number of hydrogen-bond donors (Lipinski definition) is 1. The number of nitrogens with one attached hydrogen (secondary N) is 1. The van der Waals surface area contributed by atoms with Gasteiger partial charge in [-0.1, -0.05) is 42.5 Å². The molecule has 0 saturated carbocycles. The smallest absolute Gasteiger partial charge is 0.263 e. The molecule has 5 nitrogen and oxygen atoms in total. The van der Waals surface area contributed by atoms with Crippen LogP contribution in [0.1, 0.15) is 5.56 Å². The van der Waals surface area contributed by atoms with Gasteiger partial charge in [-0.05, 0) is 29.9 Å². The van der Waals surface area contributed by atoms with E-state index in [2.05, 4.69) is 10.2 Å². The van der Waals surface area contributed by atoms with Gasteiger partial charge in [-0.3, -0.25) is 13.8 Å². The Balaban J connectivity index is 2.10. The highest BCUT2D eigenvalue weighted by molar-refractivity contribution is 7.71. The zero-order valence-corrected chi connectivity index (χ0v) is 12.4. The van der Waals surface area contributed by atoms with Crippen molar-refractivity contribution < 1.29 is 0 Å². The minimum absolute atomic E-state index is 0.0686. The number of benzene rings is 2. The SMILES string of the molecule is O=c1c2ccccc2n2c(=S)[nH]nc2n1Cc1ccccc1. The summed E-state index contributed by atoms with van der Waals surface area (Å²) in [7, 11) is 0. The standard InChI is InChI=1S/C16H12N4OS/c21-14-12-8-4-5-9-13(12)20-15(17-18-16(20)22)19(14)10-11-6-2-1-3-7-11/h1-9H,10H2,(H,18,22). The van der Waals surface area contributed by atoms with Gasteiger partial charge in [0.15, 0.2) is 0 Å². The summed E-state index contributed by atoms with van der Waals surface area (Å²) in [4.78, 5) is 12.8. The van der Waals surface area contributed by atoms with Gasteiger partial charge in [0.05, 0.1) is 17.4 Å². The zero-order chi connectivity index (χ0) is 15.1. The Morgan fingerprint density at radius 2 is 1.77 bits per heavy atom. The maximum atomic E-state index is 12.8. The third-order valence-corrected chi connectivity index (χ3v) is 3.97. The van der Waals surface area contributed by atoms with Crippen LogP contribution in [0.2, 0.25) is 0 Å². The van der Waals surface area contributed by atoms with Crippen molar-refractivity contribution in [3.8, 4) is 0 Å². The predicted molar refractivity (Wildman–Crippen MR) is 87.7 cm³/mol. The van der Waals surface area contributed by atoms with E-state index in [4.69, 9.17) is 12.2 Å². The minimum atomic E-state index is -0.0686. The molecule has 0 spiro atoms. The maximum Gasteiger partial charge on any atom is 0.263 e. The van der Waals surface area contributed by atoms with Crippen LogP contribution in [0, 0.1) is 4.77 Å². The molecule has 108 valence electrons. The van der Waals surface area contributed by atoms with Gasteiger partial charge in [0.1, 0.15) is 0 Å². The van der Waals surface area contributed by atoms with Crippen molar-refractivity contribution in [2.24, 2.45) is 0 Å². The summed E-state index contributed by atoms with van der Waals surface area (Å²) in [6.07, 6.45) is 0. The van der Waals surface area contributed by atoms with Gasteiger partial charge < -0.3 is 0 Å². The number of rotatable bonds is 2. The quantitative estimate of drug-likeness (QED) is 0.579. The summed E-state index contributed by atoms with van der Waals surface area (Å²) in [5.41, 5.74) is 1.74. The third-order valence-electron chi connectivity index (χ3n) is 3.70. The van der Waals surface area contributed by atoms with Gasteiger partial charge in [0.25, 0.3) is 5.56 Å². The second-order valence-electron chi connectivity index (χ2n) is 5.06. The Kier molecular flexibility index (Phi) is 2.90. The maximum absolute atomic E-state index is 12.8. The van der Waals surface area contributed by atoms with Crippen LogP contribution < -0.4 is 5.56 Å². The average molecular weight is 308 g/mol. The van der Waals surface area contributed by atoms with Crippen LogP contribution in [0.3, 0.4) is 0 Å². The molecule has 0 saturated heterocycles. The summed E-state index contributed by atoms with van der Waals surface area (Å²) in [6.45, 7) is 0.452. The number of aromatic amines is 1. The number of hydrogen-bond acceptors (Lipinski definition) is 3. The minimum Gasteiger partial charge on any atom is -0.272 e. The van der Waals surface area contributed by atoms with Gasteiger partial charge >= 0.3 is 0 Å². The van der Waals surface area contributed by atoms with E-state index < -0.39 is 0 Å². The number of para-hydroxylation sites is 1. The molecule has 22 heavy (non-hydrogen) atoms. The van der Waals surface area contributed by atoms with E-state index >= 15 is 0 Å². The third kappa shape index (κ3) is 1.88. The Morgan fingerprint density at radius 3 is 2.59 bits per heavy atom. The lowest BCUT2D eigenvalue weighted by molar-refractivity contribution is 0.766. The molecule has 2 heterocycles. The molecule has 2 aromatic carbocycles. The first-order chi connectivity index (χ1) is 10.8. The van der Waals surface area contributed by atoms with Gasteiger partial charge in [-0.2, -0.15) is 0 Å². The van der Waals surface area contributed by atoms with Crippen LogP contribution in [-0.4, -0.2) is 19.2 Å². The fourth-order valence-corrected chi connectivity index (χ4v) is 2.91. The molecule has 0 atom stereocenters. The predicted octanol–water partition coefficient (Wildman–Crippen LogP) is 2.76. The summed E-state index contributed by atoms with van der Waals surface area (Å²) in [6, 6.07) is 17.3. The molecule has 1 N–H and O–H groups in total. The van der Waals surface area contributed by atoms with Crippen molar-refractivity contribution in [3.63, 3.8) is 0 Å². The number of H-pyrrole nitrogens is 1. The van der Waals surface area contributed by atoms with Gasteiger partial charge in [-0.25, -0.2) is 5.10 Å². The lowest BCUT2D eigenvalue weighted by Gasteiger charge is -2.10. The van der Waals surface area contributed by atoms with Crippen LogP contribution in [-0.2, 0) is 6.54 Å². The van der Waals surface area contributed by atoms with Crippen molar-refractivity contribution >= 4 is 28.9 Å². The fourth-order valence-electron chi connectivity index (χ4n) is 2.68. The first kappa shape index (κ1) is 13.0. The van der Waals surface area contributed by atoms with Crippen molar-refractivity contribution in [3.05, 3.63) is 75.3 Å².